The van der Waals surface area contributed by atoms with Gasteiger partial charge < -0.3 is 5.73 Å². The Morgan fingerprint density at radius 3 is 2.00 bits per heavy atom. The van der Waals surface area contributed by atoms with Crippen LogP contribution in [0, 0.1) is 6.92 Å². The predicted octanol–water partition coefficient (Wildman–Crippen LogP) is 4.93. The maximum Gasteiger partial charge on any atom is 0.0298 e. The summed E-state index contributed by atoms with van der Waals surface area (Å²) in [6.45, 7) is 8.84. The summed E-state index contributed by atoms with van der Waals surface area (Å²) in [4.78, 5) is 0. The molecule has 0 spiro atoms. The lowest BCUT2D eigenvalue weighted by Gasteiger charge is -2.19. The Labute approximate surface area is 129 Å². The fourth-order valence-electron chi connectivity index (χ4n) is 2.47. The van der Waals surface area contributed by atoms with E-state index in [1.165, 1.54) is 22.3 Å². The normalized spacial score (nSPS) is 13.2. The third-order valence-corrected chi connectivity index (χ3v) is 4.07. The smallest absolute Gasteiger partial charge is 0.0298 e. The lowest BCUT2D eigenvalue weighted by Crippen LogP contribution is -2.12. The fraction of sp³-hybridized carbons (Fsp3) is 0.400. The second kappa shape index (κ2) is 6.44. The first-order chi connectivity index (χ1) is 9.86. The van der Waals surface area contributed by atoms with Crippen molar-refractivity contribution in [3.63, 3.8) is 0 Å². The van der Waals surface area contributed by atoms with Crippen molar-refractivity contribution in [3.8, 4) is 0 Å². The Balaban J connectivity index is 1.95. The summed E-state index contributed by atoms with van der Waals surface area (Å²) >= 11 is 0. The van der Waals surface area contributed by atoms with Gasteiger partial charge in [0.1, 0.15) is 0 Å². The first-order valence-electron chi connectivity index (χ1n) is 7.78. The van der Waals surface area contributed by atoms with Crippen LogP contribution in [0.2, 0.25) is 0 Å². The molecule has 0 aliphatic rings. The third kappa shape index (κ3) is 4.44. The van der Waals surface area contributed by atoms with Crippen LogP contribution in [0.25, 0.3) is 0 Å². The van der Waals surface area contributed by atoms with Crippen molar-refractivity contribution in [3.05, 3.63) is 70.8 Å². The van der Waals surface area contributed by atoms with E-state index in [1.807, 2.05) is 0 Å². The van der Waals surface area contributed by atoms with Gasteiger partial charge in [0.05, 0.1) is 0 Å². The van der Waals surface area contributed by atoms with E-state index in [0.717, 1.165) is 12.8 Å². The molecule has 1 nitrogen and oxygen atoms in total. The Morgan fingerprint density at radius 2 is 1.48 bits per heavy atom. The Kier molecular flexibility index (Phi) is 4.84. The summed E-state index contributed by atoms with van der Waals surface area (Å²) in [6.07, 6.45) is 2.01. The van der Waals surface area contributed by atoms with E-state index in [-0.39, 0.29) is 11.5 Å². The summed E-state index contributed by atoms with van der Waals surface area (Å²) in [6, 6.07) is 17.6. The van der Waals surface area contributed by atoms with E-state index in [4.69, 9.17) is 5.73 Å². The lowest BCUT2D eigenvalue weighted by molar-refractivity contribution is 0.589. The van der Waals surface area contributed by atoms with Gasteiger partial charge in [0.25, 0.3) is 0 Å². The zero-order valence-electron chi connectivity index (χ0n) is 13.7. The second-order valence-electron chi connectivity index (χ2n) is 7.00. The topological polar surface area (TPSA) is 26.0 Å². The van der Waals surface area contributed by atoms with Crippen molar-refractivity contribution in [2.45, 2.75) is 52.0 Å². The molecule has 2 aromatic rings. The summed E-state index contributed by atoms with van der Waals surface area (Å²) in [7, 11) is 0. The van der Waals surface area contributed by atoms with Crippen molar-refractivity contribution in [2.75, 3.05) is 0 Å². The van der Waals surface area contributed by atoms with E-state index in [2.05, 4.69) is 76.2 Å². The zero-order valence-corrected chi connectivity index (χ0v) is 13.7. The molecule has 0 bridgehead atoms. The molecule has 0 saturated heterocycles. The minimum absolute atomic E-state index is 0.118. The highest BCUT2D eigenvalue weighted by molar-refractivity contribution is 5.28. The molecule has 21 heavy (non-hydrogen) atoms. The molecule has 1 atom stereocenters. The molecule has 2 N–H and O–H groups in total. The van der Waals surface area contributed by atoms with Crippen LogP contribution in [0.15, 0.2) is 48.5 Å². The molecular weight excluding hydrogens is 254 g/mol. The Morgan fingerprint density at radius 1 is 0.905 bits per heavy atom. The Hall–Kier alpha value is -1.60. The number of nitrogens with two attached hydrogens (primary N) is 1. The van der Waals surface area contributed by atoms with E-state index in [9.17, 15) is 0 Å². The molecule has 0 radical (unpaired) electrons. The number of hydrogen-bond donors (Lipinski definition) is 1. The molecule has 0 saturated carbocycles. The quantitative estimate of drug-likeness (QED) is 0.845. The Bertz CT molecular complexity index is 558. The summed E-state index contributed by atoms with van der Waals surface area (Å²) in [5.41, 5.74) is 11.8. The van der Waals surface area contributed by atoms with Gasteiger partial charge in [-0.3, -0.25) is 0 Å². The fourth-order valence-corrected chi connectivity index (χ4v) is 2.47. The van der Waals surface area contributed by atoms with Gasteiger partial charge in [-0.1, -0.05) is 74.9 Å². The van der Waals surface area contributed by atoms with Crippen LogP contribution in [-0.4, -0.2) is 0 Å². The molecule has 0 aliphatic carbocycles. The predicted molar refractivity (Wildman–Crippen MR) is 91.6 cm³/mol. The standard InChI is InChI=1S/C20H27N/c1-15-5-10-17(11-6-15)19(21)14-9-16-7-12-18(13-8-16)20(2,3)4/h5-8,10-13,19H,9,14,21H2,1-4H3. The average Bonchev–Trinajstić information content (AvgIpc) is 2.45. The highest BCUT2D eigenvalue weighted by Crippen LogP contribution is 2.23. The number of hydrogen-bond acceptors (Lipinski definition) is 1. The van der Waals surface area contributed by atoms with Gasteiger partial charge in [0, 0.05) is 6.04 Å². The van der Waals surface area contributed by atoms with E-state index in [0.29, 0.717) is 0 Å². The number of aryl methyl sites for hydroxylation is 2. The van der Waals surface area contributed by atoms with Gasteiger partial charge in [-0.05, 0) is 41.9 Å². The lowest BCUT2D eigenvalue weighted by atomic mass is 9.86. The first kappa shape index (κ1) is 15.8. The van der Waals surface area contributed by atoms with E-state index < -0.39 is 0 Å². The van der Waals surface area contributed by atoms with Gasteiger partial charge in [-0.25, -0.2) is 0 Å². The van der Waals surface area contributed by atoms with Crippen LogP contribution in [0.1, 0.15) is 55.5 Å². The molecule has 2 aromatic carbocycles. The number of rotatable bonds is 4. The van der Waals surface area contributed by atoms with Crippen LogP contribution in [0.3, 0.4) is 0 Å². The van der Waals surface area contributed by atoms with Gasteiger partial charge >= 0.3 is 0 Å². The van der Waals surface area contributed by atoms with Gasteiger partial charge in [0.15, 0.2) is 0 Å². The second-order valence-corrected chi connectivity index (χ2v) is 7.00. The molecule has 0 aliphatic heterocycles. The highest BCUT2D eigenvalue weighted by atomic mass is 14.6. The molecule has 1 unspecified atom stereocenters. The maximum absolute atomic E-state index is 6.29. The zero-order chi connectivity index (χ0) is 15.5. The summed E-state index contributed by atoms with van der Waals surface area (Å²) < 4.78 is 0. The van der Waals surface area contributed by atoms with Gasteiger partial charge in [0.2, 0.25) is 0 Å². The molecular formula is C20H27N. The first-order valence-corrected chi connectivity index (χ1v) is 7.78. The van der Waals surface area contributed by atoms with Crippen LogP contribution in [0.5, 0.6) is 0 Å². The average molecular weight is 281 g/mol. The molecule has 0 amide bonds. The molecule has 2 rings (SSSR count). The van der Waals surface area contributed by atoms with Crippen molar-refractivity contribution in [2.24, 2.45) is 5.73 Å². The molecule has 0 aromatic heterocycles. The van der Waals surface area contributed by atoms with Crippen LogP contribution in [0.4, 0.5) is 0 Å². The van der Waals surface area contributed by atoms with Crippen LogP contribution >= 0.6 is 0 Å². The van der Waals surface area contributed by atoms with Gasteiger partial charge in [-0.2, -0.15) is 0 Å². The van der Waals surface area contributed by atoms with E-state index in [1.54, 1.807) is 0 Å². The highest BCUT2D eigenvalue weighted by Gasteiger charge is 2.13. The molecule has 112 valence electrons. The SMILES string of the molecule is Cc1ccc(C(N)CCc2ccc(C(C)(C)C)cc2)cc1. The van der Waals surface area contributed by atoms with Crippen LogP contribution in [-0.2, 0) is 11.8 Å². The summed E-state index contributed by atoms with van der Waals surface area (Å²) in [5, 5.41) is 0. The summed E-state index contributed by atoms with van der Waals surface area (Å²) in [5.74, 6) is 0. The van der Waals surface area contributed by atoms with E-state index >= 15 is 0 Å². The van der Waals surface area contributed by atoms with Crippen LogP contribution < -0.4 is 5.73 Å². The maximum atomic E-state index is 6.29. The van der Waals surface area contributed by atoms with Crippen molar-refractivity contribution in [1.29, 1.82) is 0 Å². The number of benzene rings is 2. The van der Waals surface area contributed by atoms with Crippen molar-refractivity contribution < 1.29 is 0 Å². The largest absolute Gasteiger partial charge is 0.324 e. The molecule has 1 heteroatoms. The third-order valence-electron chi connectivity index (χ3n) is 4.07. The molecule has 0 heterocycles. The van der Waals surface area contributed by atoms with Gasteiger partial charge in [-0.15, -0.1) is 0 Å². The molecule has 0 fully saturated rings. The monoisotopic (exact) mass is 281 g/mol. The van der Waals surface area contributed by atoms with Crippen molar-refractivity contribution in [1.82, 2.24) is 0 Å². The minimum atomic E-state index is 0.118. The van der Waals surface area contributed by atoms with Crippen molar-refractivity contribution >= 4 is 0 Å². The minimum Gasteiger partial charge on any atom is -0.324 e.